The van der Waals surface area contributed by atoms with E-state index < -0.39 is 21.8 Å². The second kappa shape index (κ2) is 5.16. The Labute approximate surface area is 116 Å². The fourth-order valence-corrected chi connectivity index (χ4v) is 2.96. The molecule has 6 nitrogen and oxygen atoms in total. The van der Waals surface area contributed by atoms with E-state index in [-0.39, 0.29) is 11.5 Å². The third-order valence-corrected chi connectivity index (χ3v) is 3.80. The number of carbonyl (C=O) groups excluding carboxylic acids is 1. The molecular weight excluding hydrogens is 280 g/mol. The number of nitrogen functional groups attached to an aromatic ring is 1. The van der Waals surface area contributed by atoms with E-state index in [1.807, 2.05) is 0 Å². The molecule has 1 aromatic carbocycles. The number of hydrogen-bond acceptors (Lipinski definition) is 5. The van der Waals surface area contributed by atoms with Crippen molar-refractivity contribution >= 4 is 32.4 Å². The first-order chi connectivity index (χ1) is 9.24. The highest BCUT2D eigenvalue weighted by atomic mass is 32.2. The van der Waals surface area contributed by atoms with Gasteiger partial charge in [-0.15, -0.1) is 0 Å². The van der Waals surface area contributed by atoms with E-state index >= 15 is 0 Å². The van der Waals surface area contributed by atoms with Gasteiger partial charge < -0.3 is 15.5 Å². The molecule has 0 aliphatic rings. The molecule has 108 valence electrons. The zero-order valence-electron chi connectivity index (χ0n) is 11.2. The lowest BCUT2D eigenvalue weighted by Gasteiger charge is -2.11. The maximum absolute atomic E-state index is 12.0. The SMILES string of the molecule is CC(CS(C)(=O)=O)NC(=O)c1cc2cc(N)ccc2o1. The minimum absolute atomic E-state index is 0.119. The summed E-state index contributed by atoms with van der Waals surface area (Å²) >= 11 is 0. The number of furan rings is 1. The largest absolute Gasteiger partial charge is 0.451 e. The van der Waals surface area contributed by atoms with Crippen LogP contribution in [0.3, 0.4) is 0 Å². The van der Waals surface area contributed by atoms with Gasteiger partial charge in [0, 0.05) is 23.4 Å². The van der Waals surface area contributed by atoms with E-state index in [2.05, 4.69) is 5.32 Å². The summed E-state index contributed by atoms with van der Waals surface area (Å²) in [6.45, 7) is 1.62. The minimum atomic E-state index is -3.14. The Bertz CT molecular complexity index is 749. The van der Waals surface area contributed by atoms with Crippen molar-refractivity contribution in [3.05, 3.63) is 30.0 Å². The highest BCUT2D eigenvalue weighted by molar-refractivity contribution is 7.90. The van der Waals surface area contributed by atoms with Gasteiger partial charge in [0.1, 0.15) is 15.4 Å². The summed E-state index contributed by atoms with van der Waals surface area (Å²) in [5.74, 6) is -0.437. The van der Waals surface area contributed by atoms with Crippen LogP contribution in [-0.2, 0) is 9.84 Å². The molecule has 0 aliphatic carbocycles. The van der Waals surface area contributed by atoms with Gasteiger partial charge in [-0.25, -0.2) is 8.42 Å². The van der Waals surface area contributed by atoms with Crippen LogP contribution in [0, 0.1) is 0 Å². The Morgan fingerprint density at radius 3 is 2.75 bits per heavy atom. The molecule has 1 atom stereocenters. The molecule has 0 bridgehead atoms. The van der Waals surface area contributed by atoms with Crippen LogP contribution in [-0.4, -0.2) is 32.4 Å². The third kappa shape index (κ3) is 3.51. The summed E-state index contributed by atoms with van der Waals surface area (Å²) < 4.78 is 27.7. The van der Waals surface area contributed by atoms with Gasteiger partial charge in [-0.05, 0) is 31.2 Å². The Hall–Kier alpha value is -2.02. The molecule has 1 heterocycles. The molecule has 0 spiro atoms. The van der Waals surface area contributed by atoms with Crippen molar-refractivity contribution in [3.8, 4) is 0 Å². The molecule has 7 heteroatoms. The lowest BCUT2D eigenvalue weighted by atomic mass is 10.2. The van der Waals surface area contributed by atoms with Crippen LogP contribution >= 0.6 is 0 Å². The zero-order chi connectivity index (χ0) is 14.9. The molecule has 0 fully saturated rings. The predicted molar refractivity (Wildman–Crippen MR) is 77.3 cm³/mol. The second-order valence-electron chi connectivity index (χ2n) is 4.87. The summed E-state index contributed by atoms with van der Waals surface area (Å²) in [6, 6.07) is 6.15. The lowest BCUT2D eigenvalue weighted by molar-refractivity contribution is 0.0918. The van der Waals surface area contributed by atoms with Crippen molar-refractivity contribution in [2.45, 2.75) is 13.0 Å². The number of nitrogens with two attached hydrogens (primary N) is 1. The molecule has 1 amide bonds. The summed E-state index contributed by atoms with van der Waals surface area (Å²) in [6.07, 6.45) is 1.12. The topological polar surface area (TPSA) is 102 Å². The molecule has 1 unspecified atom stereocenters. The quantitative estimate of drug-likeness (QED) is 0.825. The second-order valence-corrected chi connectivity index (χ2v) is 7.06. The molecule has 3 N–H and O–H groups in total. The van der Waals surface area contributed by atoms with Crippen LogP contribution in [0.5, 0.6) is 0 Å². The standard InChI is InChI=1S/C13H16N2O4S/c1-8(7-20(2,17)18)15-13(16)12-6-9-5-10(14)3-4-11(9)19-12/h3-6,8H,7,14H2,1-2H3,(H,15,16). The van der Waals surface area contributed by atoms with Gasteiger partial charge in [0.15, 0.2) is 5.76 Å². The number of sulfone groups is 1. The van der Waals surface area contributed by atoms with E-state index in [1.165, 1.54) is 0 Å². The number of benzene rings is 1. The fraction of sp³-hybridized carbons (Fsp3) is 0.308. The van der Waals surface area contributed by atoms with Crippen molar-refractivity contribution in [1.29, 1.82) is 0 Å². The monoisotopic (exact) mass is 296 g/mol. The first-order valence-electron chi connectivity index (χ1n) is 6.02. The van der Waals surface area contributed by atoms with E-state index in [1.54, 1.807) is 31.2 Å². The van der Waals surface area contributed by atoms with Crippen molar-refractivity contribution in [1.82, 2.24) is 5.32 Å². The Morgan fingerprint density at radius 1 is 1.40 bits per heavy atom. The zero-order valence-corrected chi connectivity index (χ0v) is 12.0. The highest BCUT2D eigenvalue weighted by Gasteiger charge is 2.17. The number of hydrogen-bond donors (Lipinski definition) is 2. The van der Waals surface area contributed by atoms with E-state index in [0.717, 1.165) is 11.6 Å². The van der Waals surface area contributed by atoms with Crippen molar-refractivity contribution in [3.63, 3.8) is 0 Å². The van der Waals surface area contributed by atoms with Crippen molar-refractivity contribution in [2.75, 3.05) is 17.7 Å². The summed E-state index contributed by atoms with van der Waals surface area (Å²) in [4.78, 5) is 12.0. The van der Waals surface area contributed by atoms with Gasteiger partial charge in [-0.2, -0.15) is 0 Å². The van der Waals surface area contributed by atoms with Crippen LogP contribution in [0.2, 0.25) is 0 Å². The Balaban J connectivity index is 2.15. The smallest absolute Gasteiger partial charge is 0.287 e. The van der Waals surface area contributed by atoms with Crippen molar-refractivity contribution < 1.29 is 17.6 Å². The minimum Gasteiger partial charge on any atom is -0.451 e. The van der Waals surface area contributed by atoms with Gasteiger partial charge in [0.25, 0.3) is 5.91 Å². The number of fused-ring (bicyclic) bond motifs is 1. The van der Waals surface area contributed by atoms with Crippen LogP contribution in [0.4, 0.5) is 5.69 Å². The van der Waals surface area contributed by atoms with E-state index in [0.29, 0.717) is 11.3 Å². The number of anilines is 1. The summed E-state index contributed by atoms with van der Waals surface area (Å²) in [7, 11) is -3.14. The van der Waals surface area contributed by atoms with Gasteiger partial charge in [0.2, 0.25) is 0 Å². The predicted octanol–water partition coefficient (Wildman–Crippen LogP) is 1.18. The Morgan fingerprint density at radius 2 is 2.10 bits per heavy atom. The van der Waals surface area contributed by atoms with E-state index in [9.17, 15) is 13.2 Å². The molecule has 2 aromatic rings. The number of rotatable bonds is 4. The van der Waals surface area contributed by atoms with Crippen LogP contribution in [0.15, 0.2) is 28.7 Å². The van der Waals surface area contributed by atoms with Gasteiger partial charge >= 0.3 is 0 Å². The molecule has 2 rings (SSSR count). The van der Waals surface area contributed by atoms with Gasteiger partial charge in [0.05, 0.1) is 5.75 Å². The molecule has 0 radical (unpaired) electrons. The van der Waals surface area contributed by atoms with Crippen LogP contribution in [0.1, 0.15) is 17.5 Å². The van der Waals surface area contributed by atoms with Crippen LogP contribution < -0.4 is 11.1 Å². The van der Waals surface area contributed by atoms with Gasteiger partial charge in [-0.1, -0.05) is 0 Å². The average Bonchev–Trinajstić information content (AvgIpc) is 2.68. The molecule has 0 aliphatic heterocycles. The summed E-state index contributed by atoms with van der Waals surface area (Å²) in [5, 5.41) is 3.31. The molecular formula is C13H16N2O4S. The molecule has 20 heavy (non-hydrogen) atoms. The van der Waals surface area contributed by atoms with Gasteiger partial charge in [-0.3, -0.25) is 4.79 Å². The van der Waals surface area contributed by atoms with Crippen molar-refractivity contribution in [2.24, 2.45) is 0 Å². The number of carbonyl (C=O) groups is 1. The fourth-order valence-electron chi connectivity index (χ4n) is 1.96. The molecule has 1 aromatic heterocycles. The third-order valence-electron chi connectivity index (χ3n) is 2.69. The van der Waals surface area contributed by atoms with E-state index in [4.69, 9.17) is 10.2 Å². The normalized spacial score (nSPS) is 13.3. The average molecular weight is 296 g/mol. The molecule has 0 saturated heterocycles. The maximum Gasteiger partial charge on any atom is 0.287 e. The first-order valence-corrected chi connectivity index (χ1v) is 8.08. The Kier molecular flexibility index (Phi) is 3.71. The highest BCUT2D eigenvalue weighted by Crippen LogP contribution is 2.21. The maximum atomic E-state index is 12.0. The first kappa shape index (κ1) is 14.4. The number of amides is 1. The summed E-state index contributed by atoms with van der Waals surface area (Å²) in [5.41, 5.74) is 6.79. The molecule has 0 saturated carbocycles. The van der Waals surface area contributed by atoms with Crippen LogP contribution in [0.25, 0.3) is 11.0 Å². The lowest BCUT2D eigenvalue weighted by Crippen LogP contribution is -2.37. The number of nitrogens with one attached hydrogen (secondary N) is 1.